The second-order valence-electron chi connectivity index (χ2n) is 5.67. The van der Waals surface area contributed by atoms with E-state index in [0.29, 0.717) is 5.82 Å². The molecule has 0 spiro atoms. The standard InChI is InChI=1S/C16H18BrN3O2S/c1-23(21,22)15-3-2-9-18-16(15)19-13-8-10-20(11-13)14-6-4-12(17)5-7-14/h2-7,9,13H,8,10-11H2,1H3,(H,18,19). The Morgan fingerprint density at radius 2 is 2.00 bits per heavy atom. The highest BCUT2D eigenvalue weighted by Crippen LogP contribution is 2.25. The molecule has 1 aromatic carbocycles. The predicted molar refractivity (Wildman–Crippen MR) is 95.7 cm³/mol. The fraction of sp³-hybridized carbons (Fsp3) is 0.312. The van der Waals surface area contributed by atoms with Crippen molar-refractivity contribution in [3.05, 3.63) is 47.1 Å². The number of rotatable bonds is 4. The van der Waals surface area contributed by atoms with Gasteiger partial charge in [-0.25, -0.2) is 13.4 Å². The summed E-state index contributed by atoms with van der Waals surface area (Å²) >= 11 is 3.44. The van der Waals surface area contributed by atoms with Gasteiger partial charge >= 0.3 is 0 Å². The molecule has 1 aliphatic heterocycles. The number of hydrogen-bond donors (Lipinski definition) is 1. The zero-order valence-electron chi connectivity index (χ0n) is 12.7. The van der Waals surface area contributed by atoms with E-state index < -0.39 is 9.84 Å². The van der Waals surface area contributed by atoms with E-state index in [-0.39, 0.29) is 10.9 Å². The first kappa shape index (κ1) is 16.3. The van der Waals surface area contributed by atoms with E-state index in [4.69, 9.17) is 0 Å². The number of sulfone groups is 1. The van der Waals surface area contributed by atoms with Gasteiger partial charge in [0.05, 0.1) is 0 Å². The van der Waals surface area contributed by atoms with Crippen molar-refractivity contribution in [1.82, 2.24) is 4.98 Å². The number of pyridine rings is 1. The van der Waals surface area contributed by atoms with Crippen molar-refractivity contribution >= 4 is 37.3 Å². The van der Waals surface area contributed by atoms with Gasteiger partial charge in [0.2, 0.25) is 0 Å². The minimum atomic E-state index is -3.29. The van der Waals surface area contributed by atoms with Crippen LogP contribution in [0.4, 0.5) is 11.5 Å². The molecule has 1 atom stereocenters. The number of anilines is 2. The lowest BCUT2D eigenvalue weighted by atomic mass is 10.2. The van der Waals surface area contributed by atoms with Crippen molar-refractivity contribution in [3.8, 4) is 0 Å². The van der Waals surface area contributed by atoms with Crippen LogP contribution in [0.3, 0.4) is 0 Å². The molecule has 122 valence electrons. The highest BCUT2D eigenvalue weighted by molar-refractivity contribution is 9.10. The van der Waals surface area contributed by atoms with Crippen molar-refractivity contribution in [2.75, 3.05) is 29.6 Å². The van der Waals surface area contributed by atoms with Gasteiger partial charge in [0, 0.05) is 41.7 Å². The topological polar surface area (TPSA) is 62.3 Å². The molecule has 5 nitrogen and oxygen atoms in total. The summed E-state index contributed by atoms with van der Waals surface area (Å²) in [5.74, 6) is 0.442. The van der Waals surface area contributed by atoms with E-state index in [1.54, 1.807) is 18.3 Å². The first-order chi connectivity index (χ1) is 10.9. The SMILES string of the molecule is CS(=O)(=O)c1cccnc1NC1CCN(c2ccc(Br)cc2)C1. The Bertz CT molecular complexity index is 793. The quantitative estimate of drug-likeness (QED) is 0.861. The maximum absolute atomic E-state index is 11.9. The Balaban J connectivity index is 1.73. The van der Waals surface area contributed by atoms with Crippen molar-refractivity contribution in [1.29, 1.82) is 0 Å². The van der Waals surface area contributed by atoms with Crippen LogP contribution >= 0.6 is 15.9 Å². The Morgan fingerprint density at radius 1 is 1.26 bits per heavy atom. The molecule has 0 bridgehead atoms. The Hall–Kier alpha value is -1.60. The molecule has 0 radical (unpaired) electrons. The molecule has 0 amide bonds. The summed E-state index contributed by atoms with van der Waals surface area (Å²) in [6.07, 6.45) is 3.76. The minimum Gasteiger partial charge on any atom is -0.369 e. The van der Waals surface area contributed by atoms with E-state index in [1.165, 1.54) is 11.9 Å². The second-order valence-corrected chi connectivity index (χ2v) is 8.57. The normalized spacial score (nSPS) is 18.2. The highest BCUT2D eigenvalue weighted by Gasteiger charge is 2.24. The van der Waals surface area contributed by atoms with Gasteiger partial charge < -0.3 is 10.2 Å². The van der Waals surface area contributed by atoms with Crippen molar-refractivity contribution in [2.45, 2.75) is 17.4 Å². The van der Waals surface area contributed by atoms with Gasteiger partial charge in [-0.15, -0.1) is 0 Å². The van der Waals surface area contributed by atoms with Crippen LogP contribution in [0.1, 0.15) is 6.42 Å². The molecule has 23 heavy (non-hydrogen) atoms. The highest BCUT2D eigenvalue weighted by atomic mass is 79.9. The van der Waals surface area contributed by atoms with Gasteiger partial charge in [0.15, 0.2) is 9.84 Å². The third kappa shape index (κ3) is 3.84. The van der Waals surface area contributed by atoms with Gasteiger partial charge in [-0.1, -0.05) is 15.9 Å². The van der Waals surface area contributed by atoms with Gasteiger partial charge in [-0.3, -0.25) is 0 Å². The number of hydrogen-bond acceptors (Lipinski definition) is 5. The summed E-state index contributed by atoms with van der Waals surface area (Å²) in [7, 11) is -3.29. The van der Waals surface area contributed by atoms with Crippen LogP contribution in [0, 0.1) is 0 Å². The van der Waals surface area contributed by atoms with Crippen LogP contribution < -0.4 is 10.2 Å². The lowest BCUT2D eigenvalue weighted by Crippen LogP contribution is -2.27. The molecular weight excluding hydrogens is 378 g/mol. The Kier molecular flexibility index (Phi) is 4.59. The zero-order chi connectivity index (χ0) is 16.4. The summed E-state index contributed by atoms with van der Waals surface area (Å²) in [5.41, 5.74) is 1.17. The van der Waals surface area contributed by atoms with Crippen LogP contribution in [0.25, 0.3) is 0 Å². The average Bonchev–Trinajstić information content (AvgIpc) is 2.96. The molecule has 0 saturated carbocycles. The second kappa shape index (κ2) is 6.49. The molecule has 7 heteroatoms. The average molecular weight is 396 g/mol. The minimum absolute atomic E-state index is 0.175. The summed E-state index contributed by atoms with van der Waals surface area (Å²) < 4.78 is 24.8. The van der Waals surface area contributed by atoms with Crippen LogP contribution in [-0.2, 0) is 9.84 Å². The largest absolute Gasteiger partial charge is 0.369 e. The lowest BCUT2D eigenvalue weighted by molar-refractivity contribution is 0.601. The monoisotopic (exact) mass is 395 g/mol. The summed E-state index contributed by atoms with van der Waals surface area (Å²) in [5, 5.41) is 3.29. The number of halogens is 1. The van der Waals surface area contributed by atoms with E-state index in [0.717, 1.165) is 24.0 Å². The van der Waals surface area contributed by atoms with E-state index in [9.17, 15) is 8.42 Å². The van der Waals surface area contributed by atoms with Crippen LogP contribution in [-0.4, -0.2) is 38.8 Å². The molecule has 1 aliphatic rings. The third-order valence-electron chi connectivity index (χ3n) is 3.89. The molecule has 0 aliphatic carbocycles. The van der Waals surface area contributed by atoms with Crippen LogP contribution in [0.5, 0.6) is 0 Å². The molecule has 2 aromatic rings. The first-order valence-electron chi connectivity index (χ1n) is 7.35. The Labute approximate surface area is 144 Å². The van der Waals surface area contributed by atoms with Gasteiger partial charge in [-0.2, -0.15) is 0 Å². The predicted octanol–water partition coefficient (Wildman–Crippen LogP) is 2.94. The maximum atomic E-state index is 11.9. The number of nitrogens with one attached hydrogen (secondary N) is 1. The Morgan fingerprint density at radius 3 is 2.70 bits per heavy atom. The zero-order valence-corrected chi connectivity index (χ0v) is 15.1. The van der Waals surface area contributed by atoms with Crippen molar-refractivity contribution in [3.63, 3.8) is 0 Å². The molecule has 1 aromatic heterocycles. The van der Waals surface area contributed by atoms with Crippen molar-refractivity contribution < 1.29 is 8.42 Å². The van der Waals surface area contributed by atoms with Gasteiger partial charge in [-0.05, 0) is 42.8 Å². The molecular formula is C16H18BrN3O2S. The smallest absolute Gasteiger partial charge is 0.179 e. The summed E-state index contributed by atoms with van der Waals surface area (Å²) in [4.78, 5) is 6.74. The molecule has 1 unspecified atom stereocenters. The fourth-order valence-electron chi connectivity index (χ4n) is 2.76. The van der Waals surface area contributed by atoms with Gasteiger partial charge in [0.1, 0.15) is 10.7 Å². The molecule has 1 N–H and O–H groups in total. The number of nitrogens with zero attached hydrogens (tertiary/aromatic N) is 2. The van der Waals surface area contributed by atoms with Crippen LogP contribution in [0.15, 0.2) is 52.0 Å². The molecule has 1 saturated heterocycles. The van der Waals surface area contributed by atoms with E-state index in [2.05, 4.69) is 43.3 Å². The molecule has 2 heterocycles. The van der Waals surface area contributed by atoms with E-state index in [1.807, 2.05) is 12.1 Å². The maximum Gasteiger partial charge on any atom is 0.179 e. The summed E-state index contributed by atoms with van der Waals surface area (Å²) in [6.45, 7) is 1.75. The van der Waals surface area contributed by atoms with Gasteiger partial charge in [0.25, 0.3) is 0 Å². The third-order valence-corrected chi connectivity index (χ3v) is 5.55. The lowest BCUT2D eigenvalue weighted by Gasteiger charge is -2.20. The summed E-state index contributed by atoms with van der Waals surface area (Å²) in [6, 6.07) is 11.6. The fourth-order valence-corrected chi connectivity index (χ4v) is 3.81. The number of benzene rings is 1. The van der Waals surface area contributed by atoms with Crippen molar-refractivity contribution in [2.24, 2.45) is 0 Å². The molecule has 1 fully saturated rings. The van der Waals surface area contributed by atoms with Crippen LogP contribution in [0.2, 0.25) is 0 Å². The number of aromatic nitrogens is 1. The molecule has 3 rings (SSSR count). The first-order valence-corrected chi connectivity index (χ1v) is 10.0. The van der Waals surface area contributed by atoms with E-state index >= 15 is 0 Å².